The van der Waals surface area contributed by atoms with Crippen molar-refractivity contribution in [1.29, 1.82) is 0 Å². The van der Waals surface area contributed by atoms with Gasteiger partial charge in [-0.25, -0.2) is 5.06 Å². The number of ether oxygens (including phenoxy) is 2. The molecule has 1 unspecified atom stereocenters. The predicted molar refractivity (Wildman–Crippen MR) is 80.2 cm³/mol. The van der Waals surface area contributed by atoms with E-state index in [4.69, 9.17) is 14.3 Å². The molecule has 0 bridgehead atoms. The number of nitrogens with zero attached hydrogens (tertiary/aromatic N) is 1. The summed E-state index contributed by atoms with van der Waals surface area (Å²) >= 11 is 0. The number of hydroxylamine groups is 2. The van der Waals surface area contributed by atoms with E-state index in [0.717, 1.165) is 34.1 Å². The van der Waals surface area contributed by atoms with Crippen molar-refractivity contribution < 1.29 is 19.1 Å². The Morgan fingerprint density at radius 3 is 2.95 bits per heavy atom. The lowest BCUT2D eigenvalue weighted by Crippen LogP contribution is -2.22. The molecule has 0 radical (unpaired) electrons. The van der Waals surface area contributed by atoms with Crippen molar-refractivity contribution in [1.82, 2.24) is 5.06 Å². The lowest BCUT2D eigenvalue weighted by Gasteiger charge is -2.12. The summed E-state index contributed by atoms with van der Waals surface area (Å²) < 4.78 is 11.4. The highest BCUT2D eigenvalue weighted by atomic mass is 16.7. The van der Waals surface area contributed by atoms with Crippen LogP contribution >= 0.6 is 0 Å². The first-order chi connectivity index (χ1) is 10.0. The average Bonchev–Trinajstić information content (AvgIpc) is 2.82. The van der Waals surface area contributed by atoms with E-state index in [0.29, 0.717) is 6.61 Å². The van der Waals surface area contributed by atoms with Crippen molar-refractivity contribution in [2.45, 2.75) is 26.4 Å². The highest BCUT2D eigenvalue weighted by Crippen LogP contribution is 2.35. The summed E-state index contributed by atoms with van der Waals surface area (Å²) in [5.74, 6) is 1.38. The minimum absolute atomic E-state index is 0.176. The third-order valence-electron chi connectivity index (χ3n) is 3.32. The molecule has 0 aliphatic carbocycles. The molecule has 0 fully saturated rings. The van der Waals surface area contributed by atoms with E-state index in [9.17, 15) is 4.79 Å². The fourth-order valence-electron chi connectivity index (χ4n) is 2.22. The van der Waals surface area contributed by atoms with Gasteiger partial charge in [0.05, 0.1) is 13.7 Å². The lowest BCUT2D eigenvalue weighted by molar-refractivity contribution is -0.162. The van der Waals surface area contributed by atoms with Gasteiger partial charge in [0.2, 0.25) is 0 Å². The molecule has 5 heteroatoms. The fraction of sp³-hybridized carbons (Fsp3) is 0.438. The molecule has 1 amide bonds. The number of fused-ring (bicyclic) bond motifs is 1. The molecule has 21 heavy (non-hydrogen) atoms. The summed E-state index contributed by atoms with van der Waals surface area (Å²) in [5, 5.41) is 1.16. The minimum Gasteiger partial charge on any atom is -0.493 e. The Labute approximate surface area is 125 Å². The van der Waals surface area contributed by atoms with E-state index in [1.54, 1.807) is 13.1 Å². The van der Waals surface area contributed by atoms with Crippen LogP contribution in [-0.2, 0) is 16.1 Å². The molecule has 2 rings (SSSR count). The maximum Gasteiger partial charge on any atom is 0.269 e. The zero-order valence-corrected chi connectivity index (χ0v) is 12.9. The monoisotopic (exact) mass is 291 g/mol. The third kappa shape index (κ3) is 3.55. The van der Waals surface area contributed by atoms with E-state index >= 15 is 0 Å². The van der Waals surface area contributed by atoms with Crippen molar-refractivity contribution in [3.05, 3.63) is 29.3 Å². The number of benzene rings is 1. The normalized spacial score (nSPS) is 16.7. The smallest absolute Gasteiger partial charge is 0.269 e. The van der Waals surface area contributed by atoms with Crippen LogP contribution < -0.4 is 9.47 Å². The van der Waals surface area contributed by atoms with E-state index in [1.165, 1.54) is 13.2 Å². The Hall–Kier alpha value is -2.01. The third-order valence-corrected chi connectivity index (χ3v) is 3.32. The van der Waals surface area contributed by atoms with Gasteiger partial charge in [-0.2, -0.15) is 0 Å². The van der Waals surface area contributed by atoms with Crippen molar-refractivity contribution in [3.8, 4) is 11.5 Å². The molecule has 5 nitrogen and oxygen atoms in total. The second-order valence-electron chi connectivity index (χ2n) is 4.91. The number of carbonyl (C=O) groups is 1. The van der Waals surface area contributed by atoms with Crippen molar-refractivity contribution in [2.24, 2.45) is 0 Å². The quantitative estimate of drug-likeness (QED) is 0.617. The fourth-order valence-corrected chi connectivity index (χ4v) is 2.22. The summed E-state index contributed by atoms with van der Waals surface area (Å²) in [6.07, 6.45) is 4.22. The Morgan fingerprint density at radius 1 is 1.52 bits per heavy atom. The largest absolute Gasteiger partial charge is 0.493 e. The molecule has 0 spiro atoms. The van der Waals surface area contributed by atoms with Gasteiger partial charge < -0.3 is 9.47 Å². The Bertz CT molecular complexity index is 553. The molecule has 1 atom stereocenters. The SMILES string of the molecule is CCOc1cc2c(cc1/C=C/C(=O)N(C)OC)OC(C)C2. The highest BCUT2D eigenvalue weighted by Gasteiger charge is 2.21. The van der Waals surface area contributed by atoms with Gasteiger partial charge in [0.1, 0.15) is 17.6 Å². The van der Waals surface area contributed by atoms with E-state index < -0.39 is 0 Å². The van der Waals surface area contributed by atoms with Gasteiger partial charge in [0.25, 0.3) is 5.91 Å². The van der Waals surface area contributed by atoms with Crippen molar-refractivity contribution in [3.63, 3.8) is 0 Å². The van der Waals surface area contributed by atoms with Crippen LogP contribution in [0.25, 0.3) is 6.08 Å². The van der Waals surface area contributed by atoms with Gasteiger partial charge in [-0.1, -0.05) is 0 Å². The minimum atomic E-state index is -0.241. The van der Waals surface area contributed by atoms with Crippen LogP contribution in [0, 0.1) is 0 Å². The van der Waals surface area contributed by atoms with Gasteiger partial charge in [-0.05, 0) is 32.1 Å². The molecule has 1 heterocycles. The zero-order valence-electron chi connectivity index (χ0n) is 12.9. The Morgan fingerprint density at radius 2 is 2.29 bits per heavy atom. The van der Waals surface area contributed by atoms with Crippen LogP contribution in [0.5, 0.6) is 11.5 Å². The Balaban J connectivity index is 2.27. The first kappa shape index (κ1) is 15.4. The zero-order chi connectivity index (χ0) is 15.4. The lowest BCUT2D eigenvalue weighted by atomic mass is 10.1. The molecule has 0 saturated heterocycles. The molecule has 1 aromatic carbocycles. The molecule has 0 N–H and O–H groups in total. The number of amides is 1. The maximum absolute atomic E-state index is 11.7. The van der Waals surface area contributed by atoms with Crippen molar-refractivity contribution in [2.75, 3.05) is 20.8 Å². The van der Waals surface area contributed by atoms with E-state index in [1.807, 2.05) is 26.0 Å². The number of rotatable bonds is 5. The summed E-state index contributed by atoms with van der Waals surface area (Å²) in [4.78, 5) is 16.6. The average molecular weight is 291 g/mol. The molecule has 1 aliphatic heterocycles. The standard InChI is InChI=1S/C16H21NO4/c1-5-20-14-10-13-8-11(2)21-15(13)9-12(14)6-7-16(18)17(3)19-4/h6-7,9-11H,5,8H2,1-4H3/b7-6+. The predicted octanol–water partition coefficient (Wildman–Crippen LogP) is 2.44. The molecule has 1 aliphatic rings. The van der Waals surface area contributed by atoms with Gasteiger partial charge in [0.15, 0.2) is 0 Å². The molecule has 1 aromatic rings. The van der Waals surface area contributed by atoms with Crippen LogP contribution in [0.4, 0.5) is 0 Å². The first-order valence-corrected chi connectivity index (χ1v) is 7.01. The number of likely N-dealkylation sites (N-methyl/N-ethyl adjacent to an activating group) is 1. The highest BCUT2D eigenvalue weighted by molar-refractivity contribution is 5.91. The summed E-state index contributed by atoms with van der Waals surface area (Å²) in [6.45, 7) is 4.54. The number of carbonyl (C=O) groups excluding carboxylic acids is 1. The van der Waals surface area contributed by atoms with Gasteiger partial charge in [0, 0.05) is 30.7 Å². The number of hydrogen-bond donors (Lipinski definition) is 0. The molecule has 114 valence electrons. The summed E-state index contributed by atoms with van der Waals surface area (Å²) in [6, 6.07) is 3.91. The summed E-state index contributed by atoms with van der Waals surface area (Å²) in [7, 11) is 3.01. The van der Waals surface area contributed by atoms with Crippen LogP contribution in [0.1, 0.15) is 25.0 Å². The molecular weight excluding hydrogens is 270 g/mol. The van der Waals surface area contributed by atoms with Gasteiger partial charge in [-0.3, -0.25) is 9.63 Å². The van der Waals surface area contributed by atoms with Gasteiger partial charge >= 0.3 is 0 Å². The topological polar surface area (TPSA) is 48.0 Å². The second kappa shape index (κ2) is 6.63. The molecule has 0 aromatic heterocycles. The summed E-state index contributed by atoms with van der Waals surface area (Å²) in [5.41, 5.74) is 1.96. The van der Waals surface area contributed by atoms with Crippen molar-refractivity contribution >= 4 is 12.0 Å². The Kier molecular flexibility index (Phi) is 4.85. The molecular formula is C16H21NO4. The first-order valence-electron chi connectivity index (χ1n) is 7.01. The number of hydrogen-bond acceptors (Lipinski definition) is 4. The molecule has 0 saturated carbocycles. The van der Waals surface area contributed by atoms with Gasteiger partial charge in [-0.15, -0.1) is 0 Å². The van der Waals surface area contributed by atoms with Crippen LogP contribution in [0.3, 0.4) is 0 Å². The van der Waals surface area contributed by atoms with E-state index in [2.05, 4.69) is 0 Å². The van der Waals surface area contributed by atoms with Crippen LogP contribution in [0.15, 0.2) is 18.2 Å². The maximum atomic E-state index is 11.7. The van der Waals surface area contributed by atoms with Crippen LogP contribution in [-0.4, -0.2) is 37.8 Å². The van der Waals surface area contributed by atoms with E-state index in [-0.39, 0.29) is 12.0 Å². The second-order valence-corrected chi connectivity index (χ2v) is 4.91. The van der Waals surface area contributed by atoms with Crippen LogP contribution in [0.2, 0.25) is 0 Å².